The molecule has 0 aromatic heterocycles. The Labute approximate surface area is 211 Å². The van der Waals surface area contributed by atoms with E-state index in [0.717, 1.165) is 57.9 Å². The number of hydrogen-bond acceptors (Lipinski definition) is 5. The van der Waals surface area contributed by atoms with Gasteiger partial charge in [0.15, 0.2) is 0 Å². The number of hydrogen-bond donors (Lipinski definition) is 5. The molecular weight excluding hydrogens is 442 g/mol. The Morgan fingerprint density at radius 2 is 1.71 bits per heavy atom. The summed E-state index contributed by atoms with van der Waals surface area (Å²) in [5.41, 5.74) is -0.287. The molecule has 6 heteroatoms. The highest BCUT2D eigenvalue weighted by atomic mass is 16.4. The second kappa shape index (κ2) is 8.96. The molecular formula is C29H49NO5. The van der Waals surface area contributed by atoms with Crippen LogP contribution in [0.1, 0.15) is 91.9 Å². The van der Waals surface area contributed by atoms with Crippen molar-refractivity contribution in [3.8, 4) is 0 Å². The van der Waals surface area contributed by atoms with Crippen molar-refractivity contribution < 1.29 is 25.2 Å². The maximum Gasteiger partial charge on any atom is 0.303 e. The first-order valence-electron chi connectivity index (χ1n) is 14.4. The molecule has 35 heavy (non-hydrogen) atoms. The molecule has 1 saturated heterocycles. The van der Waals surface area contributed by atoms with Crippen molar-refractivity contribution in [3.63, 3.8) is 0 Å². The third-order valence-corrected chi connectivity index (χ3v) is 12.6. The molecule has 6 nitrogen and oxygen atoms in total. The molecule has 0 radical (unpaired) electrons. The van der Waals surface area contributed by atoms with Gasteiger partial charge in [-0.1, -0.05) is 20.8 Å². The Morgan fingerprint density at radius 1 is 1.00 bits per heavy atom. The van der Waals surface area contributed by atoms with Gasteiger partial charge in [0.2, 0.25) is 0 Å². The normalized spacial score (nSPS) is 54.5. The van der Waals surface area contributed by atoms with E-state index >= 15 is 0 Å². The Hall–Kier alpha value is -0.690. The standard InChI is InChI=1S/C29H49NO5/c1-16(6-9-25(34)35)18-7-8-19-26-20(14-24(33)29(18,19)4)27(2)15-21(28(3)10-5-11-30-28)22(31)12-17(27)13-23(26)32/h16-24,26,30-33H,5-15H2,1-4H3,(H,34,35)/t16?,17?,18?,19?,20?,21?,22?,23?,24?,26?,27?,28-,29?/m1/s1. The first-order chi connectivity index (χ1) is 16.4. The predicted molar refractivity (Wildman–Crippen MR) is 135 cm³/mol. The van der Waals surface area contributed by atoms with E-state index in [1.165, 1.54) is 0 Å². The van der Waals surface area contributed by atoms with Crippen LogP contribution >= 0.6 is 0 Å². The minimum atomic E-state index is -0.748. The lowest BCUT2D eigenvalue weighted by molar-refractivity contribution is -0.217. The van der Waals surface area contributed by atoms with Gasteiger partial charge < -0.3 is 25.7 Å². The molecule has 4 saturated carbocycles. The average Bonchev–Trinajstić information content (AvgIpc) is 3.38. The quantitative estimate of drug-likeness (QED) is 0.400. The molecule has 5 aliphatic rings. The number of nitrogens with one attached hydrogen (secondary N) is 1. The zero-order chi connectivity index (χ0) is 25.3. The van der Waals surface area contributed by atoms with Crippen molar-refractivity contribution in [1.82, 2.24) is 5.32 Å². The van der Waals surface area contributed by atoms with E-state index in [2.05, 4.69) is 33.0 Å². The molecule has 5 N–H and O–H groups in total. The first-order valence-corrected chi connectivity index (χ1v) is 14.4. The summed E-state index contributed by atoms with van der Waals surface area (Å²) >= 11 is 0. The second-order valence-corrected chi connectivity index (χ2v) is 14.1. The van der Waals surface area contributed by atoms with Gasteiger partial charge in [0.1, 0.15) is 0 Å². The van der Waals surface area contributed by atoms with E-state index in [9.17, 15) is 25.2 Å². The third kappa shape index (κ3) is 3.92. The molecule has 0 aromatic rings. The SMILES string of the molecule is CC(CCC(=O)O)C1CCC2C3C(O)CC4CC(O)C([C@@]5(C)CCCN5)CC4(C)C3CC(O)C12C. The highest BCUT2D eigenvalue weighted by molar-refractivity contribution is 5.66. The van der Waals surface area contributed by atoms with Gasteiger partial charge in [-0.15, -0.1) is 0 Å². The summed E-state index contributed by atoms with van der Waals surface area (Å²) in [6.07, 6.45) is 7.16. The summed E-state index contributed by atoms with van der Waals surface area (Å²) in [4.78, 5) is 11.2. The van der Waals surface area contributed by atoms with Crippen molar-refractivity contribution in [3.05, 3.63) is 0 Å². The first kappa shape index (κ1) is 25.9. The van der Waals surface area contributed by atoms with Gasteiger partial charge in [0.05, 0.1) is 18.3 Å². The summed E-state index contributed by atoms with van der Waals surface area (Å²) in [7, 11) is 0. The van der Waals surface area contributed by atoms with Gasteiger partial charge >= 0.3 is 5.97 Å². The largest absolute Gasteiger partial charge is 0.481 e. The van der Waals surface area contributed by atoms with Crippen LogP contribution in [0.3, 0.4) is 0 Å². The van der Waals surface area contributed by atoms with Gasteiger partial charge in [-0.05, 0) is 118 Å². The lowest BCUT2D eigenvalue weighted by atomic mass is 9.41. The van der Waals surface area contributed by atoms with Gasteiger partial charge in [0, 0.05) is 17.9 Å². The van der Waals surface area contributed by atoms with Crippen molar-refractivity contribution in [1.29, 1.82) is 0 Å². The topological polar surface area (TPSA) is 110 Å². The highest BCUT2D eigenvalue weighted by Crippen LogP contribution is 2.69. The second-order valence-electron chi connectivity index (χ2n) is 14.1. The Morgan fingerprint density at radius 3 is 2.37 bits per heavy atom. The van der Waals surface area contributed by atoms with Crippen LogP contribution in [-0.2, 0) is 4.79 Å². The van der Waals surface area contributed by atoms with Crippen LogP contribution in [0.25, 0.3) is 0 Å². The van der Waals surface area contributed by atoms with E-state index in [1.807, 2.05) is 0 Å². The van der Waals surface area contributed by atoms with Crippen molar-refractivity contribution in [2.75, 3.05) is 6.54 Å². The van der Waals surface area contributed by atoms with Crippen LogP contribution in [0.4, 0.5) is 0 Å². The number of aliphatic hydroxyl groups excluding tert-OH is 3. The van der Waals surface area contributed by atoms with Crippen LogP contribution in [-0.4, -0.2) is 56.8 Å². The molecule has 0 amide bonds. The van der Waals surface area contributed by atoms with E-state index in [1.54, 1.807) is 0 Å². The van der Waals surface area contributed by atoms with Crippen molar-refractivity contribution in [2.24, 2.45) is 52.3 Å². The third-order valence-electron chi connectivity index (χ3n) is 12.6. The van der Waals surface area contributed by atoms with Gasteiger partial charge in [-0.2, -0.15) is 0 Å². The van der Waals surface area contributed by atoms with E-state index < -0.39 is 12.1 Å². The van der Waals surface area contributed by atoms with Crippen LogP contribution < -0.4 is 5.32 Å². The molecule has 5 fully saturated rings. The van der Waals surface area contributed by atoms with E-state index in [-0.39, 0.29) is 64.6 Å². The monoisotopic (exact) mass is 491 g/mol. The van der Waals surface area contributed by atoms with Crippen LogP contribution in [0, 0.1) is 52.3 Å². The maximum atomic E-state index is 11.8. The zero-order valence-electron chi connectivity index (χ0n) is 22.2. The molecule has 0 bridgehead atoms. The van der Waals surface area contributed by atoms with E-state index in [4.69, 9.17) is 0 Å². The van der Waals surface area contributed by atoms with Gasteiger partial charge in [-0.25, -0.2) is 0 Å². The highest BCUT2D eigenvalue weighted by Gasteiger charge is 2.67. The van der Waals surface area contributed by atoms with Gasteiger partial charge in [0.25, 0.3) is 0 Å². The minimum Gasteiger partial charge on any atom is -0.481 e. The summed E-state index contributed by atoms with van der Waals surface area (Å²) in [5.74, 6) is 1.01. The van der Waals surface area contributed by atoms with Crippen LogP contribution in [0.15, 0.2) is 0 Å². The molecule has 5 rings (SSSR count). The molecule has 0 aromatic carbocycles. The molecule has 0 spiro atoms. The number of fused-ring (bicyclic) bond motifs is 5. The summed E-state index contributed by atoms with van der Waals surface area (Å²) < 4.78 is 0. The molecule has 1 heterocycles. The number of carbonyl (C=O) groups is 1. The number of rotatable bonds is 5. The number of carboxylic acid groups (broad SMARTS) is 1. The van der Waals surface area contributed by atoms with E-state index in [0.29, 0.717) is 18.3 Å². The minimum absolute atomic E-state index is 0.0103. The Kier molecular flexibility index (Phi) is 6.64. The number of aliphatic hydroxyl groups is 3. The lowest BCUT2D eigenvalue weighted by Gasteiger charge is -2.65. The fourth-order valence-corrected chi connectivity index (χ4v) is 10.6. The van der Waals surface area contributed by atoms with Gasteiger partial charge in [-0.3, -0.25) is 4.79 Å². The molecule has 1 aliphatic heterocycles. The molecule has 12 unspecified atom stereocenters. The zero-order valence-corrected chi connectivity index (χ0v) is 22.2. The van der Waals surface area contributed by atoms with Crippen molar-refractivity contribution in [2.45, 2.75) is 116 Å². The summed E-state index contributed by atoms with van der Waals surface area (Å²) in [6, 6.07) is 0. The Balaban J connectivity index is 1.43. The summed E-state index contributed by atoms with van der Waals surface area (Å²) in [6.45, 7) is 10.1. The fourth-order valence-electron chi connectivity index (χ4n) is 10.6. The van der Waals surface area contributed by atoms with Crippen molar-refractivity contribution >= 4 is 5.97 Å². The maximum absolute atomic E-state index is 11.8. The smallest absolute Gasteiger partial charge is 0.303 e. The molecule has 4 aliphatic carbocycles. The van der Waals surface area contributed by atoms with Crippen LogP contribution in [0.2, 0.25) is 0 Å². The molecule has 13 atom stereocenters. The van der Waals surface area contributed by atoms with Crippen LogP contribution in [0.5, 0.6) is 0 Å². The Bertz CT molecular complexity index is 813. The number of aliphatic carboxylic acids is 1. The predicted octanol–water partition coefficient (Wildman–Crippen LogP) is 3.82. The lowest BCUT2D eigenvalue weighted by Crippen LogP contribution is -2.65. The number of carboxylic acids is 1. The average molecular weight is 492 g/mol. The fraction of sp³-hybridized carbons (Fsp3) is 0.966. The summed E-state index contributed by atoms with van der Waals surface area (Å²) in [5, 5.41) is 47.5. The molecule has 200 valence electrons.